The summed E-state index contributed by atoms with van der Waals surface area (Å²) in [6.07, 6.45) is 7.01. The molecular formula is C13H9ClN2OS. The minimum atomic E-state index is -0.206. The molecule has 0 aliphatic carbocycles. The fourth-order valence-corrected chi connectivity index (χ4v) is 2.17. The van der Waals surface area contributed by atoms with Crippen LogP contribution in [0.25, 0.3) is 0 Å². The van der Waals surface area contributed by atoms with Gasteiger partial charge < -0.3 is 5.32 Å². The molecule has 18 heavy (non-hydrogen) atoms. The molecule has 5 heteroatoms. The number of aromatic nitrogens is 1. The van der Waals surface area contributed by atoms with Crippen molar-refractivity contribution in [1.29, 1.82) is 0 Å². The first-order valence-electron chi connectivity index (χ1n) is 5.12. The Morgan fingerprint density at radius 3 is 3.00 bits per heavy atom. The van der Waals surface area contributed by atoms with Crippen LogP contribution in [-0.2, 0) is 6.54 Å². The van der Waals surface area contributed by atoms with Gasteiger partial charge in [-0.3, -0.25) is 9.78 Å². The average Bonchev–Trinajstić information content (AvgIpc) is 2.88. The molecule has 0 aliphatic rings. The molecule has 0 spiro atoms. The van der Waals surface area contributed by atoms with E-state index in [9.17, 15) is 4.79 Å². The molecule has 0 saturated heterocycles. The summed E-state index contributed by atoms with van der Waals surface area (Å²) >= 11 is 7.38. The van der Waals surface area contributed by atoms with Crippen molar-refractivity contribution in [3.8, 4) is 12.3 Å². The van der Waals surface area contributed by atoms with E-state index in [-0.39, 0.29) is 5.91 Å². The molecule has 3 nitrogen and oxygen atoms in total. The topological polar surface area (TPSA) is 42.0 Å². The summed E-state index contributed by atoms with van der Waals surface area (Å²) < 4.78 is 0. The number of hydrogen-bond donors (Lipinski definition) is 1. The van der Waals surface area contributed by atoms with Crippen LogP contribution >= 0.6 is 22.9 Å². The molecule has 2 rings (SSSR count). The number of thiazole rings is 1. The van der Waals surface area contributed by atoms with Gasteiger partial charge in [-0.15, -0.1) is 17.8 Å². The number of rotatable bonds is 3. The van der Waals surface area contributed by atoms with Gasteiger partial charge in [-0.05, 0) is 18.2 Å². The Balaban J connectivity index is 2.09. The lowest BCUT2D eigenvalue weighted by molar-refractivity contribution is 0.0951. The van der Waals surface area contributed by atoms with Gasteiger partial charge in [-0.25, -0.2) is 0 Å². The lowest BCUT2D eigenvalue weighted by Crippen LogP contribution is -2.22. The number of amides is 1. The Labute approximate surface area is 114 Å². The minimum Gasteiger partial charge on any atom is -0.347 e. The molecule has 0 saturated carbocycles. The van der Waals surface area contributed by atoms with Gasteiger partial charge in [0.15, 0.2) is 0 Å². The lowest BCUT2D eigenvalue weighted by atomic mass is 10.1. The second-order valence-electron chi connectivity index (χ2n) is 3.52. The SMILES string of the molecule is C#Cc1cc(Cl)cc(C(=O)NCc2cncs2)c1. The van der Waals surface area contributed by atoms with Crippen LogP contribution in [0.2, 0.25) is 5.02 Å². The quantitative estimate of drug-likeness (QED) is 0.876. The zero-order valence-electron chi connectivity index (χ0n) is 9.31. The molecule has 2 aromatic rings. The lowest BCUT2D eigenvalue weighted by Gasteiger charge is -2.04. The highest BCUT2D eigenvalue weighted by Crippen LogP contribution is 2.15. The van der Waals surface area contributed by atoms with E-state index in [1.54, 1.807) is 29.9 Å². The van der Waals surface area contributed by atoms with Gasteiger partial charge in [0.25, 0.3) is 5.91 Å². The highest BCUT2D eigenvalue weighted by Gasteiger charge is 2.08. The maximum atomic E-state index is 11.9. The van der Waals surface area contributed by atoms with Crippen molar-refractivity contribution < 1.29 is 4.79 Å². The standard InChI is InChI=1S/C13H9ClN2OS/c1-2-9-3-10(5-11(14)4-9)13(17)16-7-12-6-15-8-18-12/h1,3-6,8H,7H2,(H,16,17). The predicted molar refractivity (Wildman–Crippen MR) is 72.7 cm³/mol. The van der Waals surface area contributed by atoms with E-state index in [2.05, 4.69) is 16.2 Å². The first-order valence-corrected chi connectivity index (χ1v) is 6.37. The summed E-state index contributed by atoms with van der Waals surface area (Å²) in [4.78, 5) is 16.8. The highest BCUT2D eigenvalue weighted by atomic mass is 35.5. The number of halogens is 1. The summed E-state index contributed by atoms with van der Waals surface area (Å²) in [6.45, 7) is 0.446. The maximum absolute atomic E-state index is 11.9. The van der Waals surface area contributed by atoms with Gasteiger partial charge in [-0.2, -0.15) is 0 Å². The number of hydrogen-bond acceptors (Lipinski definition) is 3. The number of carbonyl (C=O) groups is 1. The van der Waals surface area contributed by atoms with Crippen LogP contribution in [0.4, 0.5) is 0 Å². The monoisotopic (exact) mass is 276 g/mol. The first kappa shape index (κ1) is 12.6. The van der Waals surface area contributed by atoms with Gasteiger partial charge in [0.2, 0.25) is 0 Å². The number of terminal acetylenes is 1. The van der Waals surface area contributed by atoms with Crippen molar-refractivity contribution in [2.45, 2.75) is 6.54 Å². The minimum absolute atomic E-state index is 0.206. The van der Waals surface area contributed by atoms with Gasteiger partial charge in [0.1, 0.15) is 0 Å². The van der Waals surface area contributed by atoms with Gasteiger partial charge in [-0.1, -0.05) is 17.5 Å². The molecule has 1 heterocycles. The summed E-state index contributed by atoms with van der Waals surface area (Å²) in [5, 5.41) is 3.24. The highest BCUT2D eigenvalue weighted by molar-refractivity contribution is 7.09. The molecule has 0 atom stereocenters. The number of nitrogens with zero attached hydrogens (tertiary/aromatic N) is 1. The molecule has 1 amide bonds. The Bertz CT molecular complexity index is 602. The third-order valence-corrected chi connectivity index (χ3v) is 3.23. The van der Waals surface area contributed by atoms with Crippen LogP contribution in [0.15, 0.2) is 29.9 Å². The number of nitrogens with one attached hydrogen (secondary N) is 1. The Kier molecular flexibility index (Phi) is 3.98. The van der Waals surface area contributed by atoms with Crippen molar-refractivity contribution >= 4 is 28.8 Å². The fourth-order valence-electron chi connectivity index (χ4n) is 1.40. The zero-order valence-corrected chi connectivity index (χ0v) is 10.9. The van der Waals surface area contributed by atoms with Crippen LogP contribution in [0, 0.1) is 12.3 Å². The first-order chi connectivity index (χ1) is 8.69. The molecule has 1 N–H and O–H groups in total. The Hall–Kier alpha value is -1.83. The van der Waals surface area contributed by atoms with E-state index in [4.69, 9.17) is 18.0 Å². The molecule has 1 aromatic heterocycles. The molecular weight excluding hydrogens is 268 g/mol. The Morgan fingerprint density at radius 2 is 2.33 bits per heavy atom. The van der Waals surface area contributed by atoms with Gasteiger partial charge in [0.05, 0.1) is 12.1 Å². The predicted octanol–water partition coefficient (Wildman–Crippen LogP) is 2.71. The summed E-state index contributed by atoms with van der Waals surface area (Å²) in [5.41, 5.74) is 2.77. The normalized spacial score (nSPS) is 9.78. The van der Waals surface area contributed by atoms with Crippen molar-refractivity contribution in [3.63, 3.8) is 0 Å². The molecule has 0 unspecified atom stereocenters. The zero-order chi connectivity index (χ0) is 13.0. The maximum Gasteiger partial charge on any atom is 0.251 e. The van der Waals surface area contributed by atoms with Crippen LogP contribution in [0.3, 0.4) is 0 Å². The summed E-state index contributed by atoms with van der Waals surface area (Å²) in [7, 11) is 0. The third kappa shape index (κ3) is 3.10. The van der Waals surface area contributed by atoms with E-state index in [1.165, 1.54) is 11.3 Å². The van der Waals surface area contributed by atoms with Crippen LogP contribution < -0.4 is 5.32 Å². The van der Waals surface area contributed by atoms with Gasteiger partial charge >= 0.3 is 0 Å². The molecule has 1 aromatic carbocycles. The van der Waals surface area contributed by atoms with Crippen LogP contribution in [0.1, 0.15) is 20.8 Å². The summed E-state index contributed by atoms with van der Waals surface area (Å²) in [6, 6.07) is 4.86. The van der Waals surface area contributed by atoms with Gasteiger partial charge in [0, 0.05) is 27.2 Å². The van der Waals surface area contributed by atoms with E-state index in [0.29, 0.717) is 22.7 Å². The third-order valence-electron chi connectivity index (χ3n) is 2.23. The van der Waals surface area contributed by atoms with E-state index >= 15 is 0 Å². The number of benzene rings is 1. The molecule has 0 bridgehead atoms. The van der Waals surface area contributed by atoms with E-state index in [1.807, 2.05) is 0 Å². The average molecular weight is 277 g/mol. The molecule has 0 aliphatic heterocycles. The van der Waals surface area contributed by atoms with Crippen LogP contribution in [0.5, 0.6) is 0 Å². The molecule has 90 valence electrons. The Morgan fingerprint density at radius 1 is 1.50 bits per heavy atom. The second-order valence-corrected chi connectivity index (χ2v) is 4.93. The van der Waals surface area contributed by atoms with E-state index < -0.39 is 0 Å². The second kappa shape index (κ2) is 5.67. The largest absolute Gasteiger partial charge is 0.347 e. The van der Waals surface area contributed by atoms with Crippen molar-refractivity contribution in [1.82, 2.24) is 10.3 Å². The molecule has 0 radical (unpaired) electrons. The van der Waals surface area contributed by atoms with Crippen molar-refractivity contribution in [2.75, 3.05) is 0 Å². The molecule has 0 fully saturated rings. The van der Waals surface area contributed by atoms with Crippen molar-refractivity contribution in [3.05, 3.63) is 50.9 Å². The van der Waals surface area contributed by atoms with E-state index in [0.717, 1.165) is 4.88 Å². The van der Waals surface area contributed by atoms with Crippen molar-refractivity contribution in [2.24, 2.45) is 0 Å². The smallest absolute Gasteiger partial charge is 0.251 e. The fraction of sp³-hybridized carbons (Fsp3) is 0.0769. The van der Waals surface area contributed by atoms with Crippen LogP contribution in [-0.4, -0.2) is 10.9 Å². The summed E-state index contributed by atoms with van der Waals surface area (Å²) in [5.74, 6) is 2.25. The number of carbonyl (C=O) groups excluding carboxylic acids is 1.